The zero-order chi connectivity index (χ0) is 44.0. The van der Waals surface area contributed by atoms with Gasteiger partial charge in [0.05, 0.1) is 27.7 Å². The number of aromatic nitrogens is 4. The molecule has 0 fully saturated rings. The van der Waals surface area contributed by atoms with Gasteiger partial charge in [0.25, 0.3) is 0 Å². The average Bonchev–Trinajstić information content (AvgIpc) is 3.88. The third kappa shape index (κ3) is 5.29. The molecular formula is C51H32N4O. The van der Waals surface area contributed by atoms with Crippen LogP contribution in [0.3, 0.4) is 0 Å². The van der Waals surface area contributed by atoms with Gasteiger partial charge >= 0.3 is 0 Å². The Morgan fingerprint density at radius 1 is 0.429 bits per heavy atom. The lowest BCUT2D eigenvalue weighted by Crippen LogP contribution is -2.04. The predicted molar refractivity (Wildman–Crippen MR) is 229 cm³/mol. The van der Waals surface area contributed by atoms with E-state index >= 15 is 0 Å². The molecule has 11 rings (SSSR count). The van der Waals surface area contributed by atoms with Crippen LogP contribution in [0.1, 0.15) is 11.0 Å². The molecule has 0 unspecified atom stereocenters. The van der Waals surface area contributed by atoms with Gasteiger partial charge in [-0.15, -0.1) is 0 Å². The van der Waals surface area contributed by atoms with E-state index in [9.17, 15) is 5.48 Å². The normalized spacial score (nSPS) is 13.6. The molecule has 0 aliphatic rings. The maximum absolute atomic E-state index is 9.95. The Labute approximate surface area is 334 Å². The SMILES string of the molecule is [2H]c1cc([2H])c(-c2cc([2H])c3c4c([2H])c([2H])cc([2H])c4n(-c4cc(-c5cccc6c5oc5ccccc56)ccc4-c4nc(-c5ccccc5)nc(-c5ccccc5)n4)c3c2[2H])c([2H])c1. The van der Waals surface area contributed by atoms with Gasteiger partial charge in [-0.1, -0.05) is 164 Å². The summed E-state index contributed by atoms with van der Waals surface area (Å²) in [6.45, 7) is 0. The first-order chi connectivity index (χ1) is 31.0. The Kier molecular flexibility index (Phi) is 5.74. The summed E-state index contributed by atoms with van der Waals surface area (Å²) in [4.78, 5) is 15.1. The minimum Gasteiger partial charge on any atom is -0.455 e. The molecule has 5 nitrogen and oxygen atoms in total. The zero-order valence-electron chi connectivity index (χ0n) is 37.6. The van der Waals surface area contributed by atoms with E-state index in [4.69, 9.17) is 24.9 Å². The van der Waals surface area contributed by atoms with E-state index in [0.717, 1.165) is 33.0 Å². The van der Waals surface area contributed by atoms with E-state index < -0.39 is 0 Å². The van der Waals surface area contributed by atoms with Crippen molar-refractivity contribution >= 4 is 43.7 Å². The maximum Gasteiger partial charge on any atom is 0.166 e. The minimum absolute atomic E-state index is 0.0322. The van der Waals surface area contributed by atoms with Gasteiger partial charge in [-0.2, -0.15) is 0 Å². The van der Waals surface area contributed by atoms with Crippen molar-refractivity contribution in [2.75, 3.05) is 0 Å². The second-order valence-corrected chi connectivity index (χ2v) is 13.3. The predicted octanol–water partition coefficient (Wildman–Crippen LogP) is 13.2. The Hall–Kier alpha value is -7.63. The summed E-state index contributed by atoms with van der Waals surface area (Å²) in [6.07, 6.45) is 0. The minimum atomic E-state index is -0.223. The van der Waals surface area contributed by atoms with Crippen molar-refractivity contribution in [3.05, 3.63) is 194 Å². The molecule has 0 aliphatic heterocycles. The highest BCUT2D eigenvalue weighted by atomic mass is 16.3. The van der Waals surface area contributed by atoms with Crippen LogP contribution in [0, 0.1) is 0 Å². The number of rotatable bonds is 6. The molecule has 56 heavy (non-hydrogen) atoms. The molecule has 11 aromatic rings. The van der Waals surface area contributed by atoms with Crippen molar-refractivity contribution in [1.29, 1.82) is 0 Å². The lowest BCUT2D eigenvalue weighted by atomic mass is 9.99. The Morgan fingerprint density at radius 2 is 1.11 bits per heavy atom. The first-order valence-electron chi connectivity index (χ1n) is 22.1. The van der Waals surface area contributed by atoms with Gasteiger partial charge < -0.3 is 8.98 Å². The van der Waals surface area contributed by atoms with Gasteiger partial charge in [-0.25, -0.2) is 15.0 Å². The fourth-order valence-corrected chi connectivity index (χ4v) is 7.43. The number of nitrogens with zero attached hydrogens (tertiary/aromatic N) is 4. The molecule has 3 heterocycles. The zero-order valence-corrected chi connectivity index (χ0v) is 29.6. The number of fused-ring (bicyclic) bond motifs is 6. The fourth-order valence-electron chi connectivity index (χ4n) is 7.43. The lowest BCUT2D eigenvalue weighted by Gasteiger charge is -2.17. The van der Waals surface area contributed by atoms with Crippen LogP contribution < -0.4 is 0 Å². The van der Waals surface area contributed by atoms with E-state index in [0.29, 0.717) is 34.0 Å². The van der Waals surface area contributed by atoms with E-state index in [1.807, 2.05) is 121 Å². The van der Waals surface area contributed by atoms with E-state index in [-0.39, 0.29) is 87.1 Å². The van der Waals surface area contributed by atoms with Crippen molar-refractivity contribution < 1.29 is 15.4 Å². The second-order valence-electron chi connectivity index (χ2n) is 13.3. The molecule has 262 valence electrons. The van der Waals surface area contributed by atoms with Gasteiger partial charge in [-0.05, 0) is 47.0 Å². The number of furan rings is 1. The van der Waals surface area contributed by atoms with Crippen LogP contribution >= 0.6 is 0 Å². The molecule has 0 spiro atoms. The van der Waals surface area contributed by atoms with E-state index in [2.05, 4.69) is 0 Å². The van der Waals surface area contributed by atoms with Crippen LogP contribution in [0.4, 0.5) is 0 Å². The van der Waals surface area contributed by atoms with Crippen LogP contribution in [-0.4, -0.2) is 19.5 Å². The molecule has 0 atom stereocenters. The molecule has 5 heteroatoms. The topological polar surface area (TPSA) is 56.7 Å². The van der Waals surface area contributed by atoms with Gasteiger partial charge in [0, 0.05) is 43.8 Å². The first-order valence-corrected chi connectivity index (χ1v) is 18.1. The van der Waals surface area contributed by atoms with Crippen LogP contribution in [0.2, 0.25) is 0 Å². The molecular weight excluding hydrogens is 685 g/mol. The quantitative estimate of drug-likeness (QED) is 0.171. The monoisotopic (exact) mass is 724 g/mol. The summed E-state index contributed by atoms with van der Waals surface area (Å²) in [5.41, 5.74) is 5.66. The largest absolute Gasteiger partial charge is 0.455 e. The smallest absolute Gasteiger partial charge is 0.166 e. The molecule has 0 aliphatic carbocycles. The Balaban J connectivity index is 1.31. The second kappa shape index (κ2) is 13.0. The van der Waals surface area contributed by atoms with Gasteiger partial charge in [0.15, 0.2) is 17.5 Å². The van der Waals surface area contributed by atoms with Crippen molar-refractivity contribution in [2.24, 2.45) is 0 Å². The molecule has 8 aromatic carbocycles. The number of hydrogen-bond donors (Lipinski definition) is 0. The van der Waals surface area contributed by atoms with Crippen LogP contribution in [-0.2, 0) is 0 Å². The van der Waals surface area contributed by atoms with Gasteiger partial charge in [0.1, 0.15) is 11.2 Å². The standard InChI is InChI=1S/C51H32N4O/c1-4-15-33(16-5-1)36-27-29-40-39-21-10-12-25-44(39)55(45(40)31-36)46-32-37(38-23-14-24-42-41-22-11-13-26-47(41)56-48(38)42)28-30-43(46)51-53-49(34-17-6-2-7-18-34)52-50(54-51)35-19-8-3-9-20-35/h1-32H/i1D,10D,15D,16D,21D,25D,29D,31D. The van der Waals surface area contributed by atoms with Crippen LogP contribution in [0.15, 0.2) is 198 Å². The van der Waals surface area contributed by atoms with Crippen LogP contribution in [0.25, 0.3) is 106 Å². The maximum atomic E-state index is 9.95. The highest BCUT2D eigenvalue weighted by molar-refractivity contribution is 6.12. The third-order valence-electron chi connectivity index (χ3n) is 10.0. The molecule has 3 aromatic heterocycles. The third-order valence-corrected chi connectivity index (χ3v) is 10.0. The summed E-state index contributed by atoms with van der Waals surface area (Å²) in [7, 11) is 0. The number of hydrogen-bond acceptors (Lipinski definition) is 4. The number of para-hydroxylation sites is 3. The first kappa shape index (κ1) is 24.6. The molecule has 0 saturated heterocycles. The van der Waals surface area contributed by atoms with Gasteiger partial charge in [-0.3, -0.25) is 0 Å². The highest BCUT2D eigenvalue weighted by Crippen LogP contribution is 2.42. The molecule has 0 N–H and O–H groups in total. The van der Waals surface area contributed by atoms with Crippen LogP contribution in [0.5, 0.6) is 0 Å². The van der Waals surface area contributed by atoms with Gasteiger partial charge in [0.2, 0.25) is 0 Å². The van der Waals surface area contributed by atoms with Crippen molar-refractivity contribution in [3.63, 3.8) is 0 Å². The lowest BCUT2D eigenvalue weighted by molar-refractivity contribution is 0.670. The average molecular weight is 725 g/mol. The summed E-state index contributed by atoms with van der Waals surface area (Å²) in [6, 6.07) is 42.6. The van der Waals surface area contributed by atoms with Crippen molar-refractivity contribution in [3.8, 4) is 62.1 Å². The Morgan fingerprint density at radius 3 is 1.89 bits per heavy atom. The van der Waals surface area contributed by atoms with E-state index in [1.165, 1.54) is 24.3 Å². The highest BCUT2D eigenvalue weighted by Gasteiger charge is 2.22. The Bertz CT molecular complexity index is 3640. The summed E-state index contributed by atoms with van der Waals surface area (Å²) in [5.74, 6) is 1.08. The molecule has 0 amide bonds. The van der Waals surface area contributed by atoms with Crippen molar-refractivity contribution in [2.45, 2.75) is 0 Å². The number of benzene rings is 8. The summed E-state index contributed by atoms with van der Waals surface area (Å²) < 4.78 is 80.9. The summed E-state index contributed by atoms with van der Waals surface area (Å²) in [5, 5.41) is 2.16. The molecule has 0 saturated carbocycles. The summed E-state index contributed by atoms with van der Waals surface area (Å²) >= 11 is 0. The van der Waals surface area contributed by atoms with E-state index in [1.54, 1.807) is 4.57 Å². The molecule has 0 radical (unpaired) electrons. The molecule has 0 bridgehead atoms. The van der Waals surface area contributed by atoms with Crippen molar-refractivity contribution in [1.82, 2.24) is 19.5 Å². The fraction of sp³-hybridized carbons (Fsp3) is 0.